The largest absolute Gasteiger partial charge is 0.460 e. The second-order valence-electron chi connectivity index (χ2n) is 4.83. The van der Waals surface area contributed by atoms with E-state index in [9.17, 15) is 13.6 Å². The van der Waals surface area contributed by atoms with Gasteiger partial charge in [0.25, 0.3) is 0 Å². The van der Waals surface area contributed by atoms with Crippen LogP contribution in [0.1, 0.15) is 5.76 Å². The van der Waals surface area contributed by atoms with E-state index >= 15 is 0 Å². The van der Waals surface area contributed by atoms with Crippen LogP contribution in [-0.2, 0) is 6.42 Å². The predicted molar refractivity (Wildman–Crippen MR) is 78.6 cm³/mol. The predicted octanol–water partition coefficient (Wildman–Crippen LogP) is 3.27. The molecule has 0 aliphatic carbocycles. The Kier molecular flexibility index (Phi) is 3.73. The molecule has 1 N–H and O–H groups in total. The first-order chi connectivity index (χ1) is 10.6. The third-order valence-electron chi connectivity index (χ3n) is 3.39. The zero-order chi connectivity index (χ0) is 15.7. The van der Waals surface area contributed by atoms with Gasteiger partial charge in [-0.15, -0.1) is 0 Å². The van der Waals surface area contributed by atoms with Gasteiger partial charge in [0, 0.05) is 6.42 Å². The van der Waals surface area contributed by atoms with Crippen molar-refractivity contribution >= 4 is 11.0 Å². The van der Waals surface area contributed by atoms with Crippen molar-refractivity contribution in [1.82, 2.24) is 0 Å². The Bertz CT molecular complexity index is 900. The van der Waals surface area contributed by atoms with E-state index < -0.39 is 17.1 Å². The molecule has 0 radical (unpaired) electrons. The normalized spacial score (nSPS) is 11.0. The molecule has 1 aromatic heterocycles. The van der Waals surface area contributed by atoms with Gasteiger partial charge in [0.1, 0.15) is 28.4 Å². The summed E-state index contributed by atoms with van der Waals surface area (Å²) in [6.45, 7) is -0.244. The van der Waals surface area contributed by atoms with Crippen molar-refractivity contribution in [3.05, 3.63) is 70.1 Å². The maximum Gasteiger partial charge on any atom is 0.203 e. The Balaban J connectivity index is 2.41. The number of halogens is 2. The Hall–Kier alpha value is -2.53. The number of aliphatic hydroxyl groups is 1. The van der Waals surface area contributed by atoms with Gasteiger partial charge in [0.05, 0.1) is 12.2 Å². The van der Waals surface area contributed by atoms with Gasteiger partial charge in [0.15, 0.2) is 0 Å². The molecule has 0 fully saturated rings. The molecule has 22 heavy (non-hydrogen) atoms. The number of benzene rings is 2. The average Bonchev–Trinajstić information content (AvgIpc) is 2.47. The van der Waals surface area contributed by atoms with Crippen LogP contribution in [0.25, 0.3) is 22.1 Å². The van der Waals surface area contributed by atoms with E-state index in [2.05, 4.69) is 0 Å². The van der Waals surface area contributed by atoms with Gasteiger partial charge in [-0.1, -0.05) is 18.2 Å². The fourth-order valence-electron chi connectivity index (χ4n) is 2.46. The zero-order valence-corrected chi connectivity index (χ0v) is 11.5. The molecule has 3 nitrogen and oxygen atoms in total. The Morgan fingerprint density at radius 1 is 1.09 bits per heavy atom. The Labute approximate surface area is 124 Å². The summed E-state index contributed by atoms with van der Waals surface area (Å²) in [6.07, 6.45) is 0.0769. The second-order valence-corrected chi connectivity index (χ2v) is 4.83. The first kappa shape index (κ1) is 14.4. The summed E-state index contributed by atoms with van der Waals surface area (Å²) in [6, 6.07) is 9.51. The highest BCUT2D eigenvalue weighted by Gasteiger charge is 2.18. The molecule has 3 rings (SSSR count). The summed E-state index contributed by atoms with van der Waals surface area (Å²) in [5, 5.41) is 8.98. The maximum atomic E-state index is 14.0. The zero-order valence-electron chi connectivity index (χ0n) is 11.5. The molecule has 0 saturated carbocycles. The third-order valence-corrected chi connectivity index (χ3v) is 3.39. The molecule has 0 amide bonds. The topological polar surface area (TPSA) is 50.4 Å². The van der Waals surface area contributed by atoms with Crippen LogP contribution in [0.4, 0.5) is 8.78 Å². The summed E-state index contributed by atoms with van der Waals surface area (Å²) in [5.74, 6) is -1.00. The summed E-state index contributed by atoms with van der Waals surface area (Å²) < 4.78 is 33.0. The van der Waals surface area contributed by atoms with Gasteiger partial charge in [-0.25, -0.2) is 8.78 Å². The fraction of sp³-hybridized carbons (Fsp3) is 0.118. The van der Waals surface area contributed by atoms with Crippen LogP contribution in [-0.4, -0.2) is 11.7 Å². The lowest BCUT2D eigenvalue weighted by molar-refractivity contribution is 0.289. The standard InChI is InChI=1S/C17H12F2O3/c18-11-4-1-3-10(9-11)15-14(7-8-20)22-13-6-2-5-12(19)16(13)17(15)21/h1-6,9,20H,7-8H2. The molecule has 0 aliphatic rings. The van der Waals surface area contributed by atoms with Gasteiger partial charge in [-0.3, -0.25) is 4.79 Å². The third kappa shape index (κ3) is 2.40. The van der Waals surface area contributed by atoms with Gasteiger partial charge in [0.2, 0.25) is 5.43 Å². The average molecular weight is 302 g/mol. The van der Waals surface area contributed by atoms with E-state index in [4.69, 9.17) is 9.52 Å². The van der Waals surface area contributed by atoms with E-state index in [0.29, 0.717) is 5.56 Å². The Morgan fingerprint density at radius 2 is 1.86 bits per heavy atom. The van der Waals surface area contributed by atoms with Crippen molar-refractivity contribution in [3.63, 3.8) is 0 Å². The van der Waals surface area contributed by atoms with E-state index in [1.807, 2.05) is 0 Å². The molecule has 0 saturated heterocycles. The summed E-state index contributed by atoms with van der Waals surface area (Å²) in [4.78, 5) is 12.7. The molecule has 0 atom stereocenters. The van der Waals surface area contributed by atoms with E-state index in [-0.39, 0.29) is 35.3 Å². The minimum absolute atomic E-state index is 0.0751. The van der Waals surface area contributed by atoms with E-state index in [0.717, 1.165) is 0 Å². The lowest BCUT2D eigenvalue weighted by Gasteiger charge is -2.10. The van der Waals surface area contributed by atoms with E-state index in [1.54, 1.807) is 6.07 Å². The van der Waals surface area contributed by atoms with Crippen LogP contribution in [0.3, 0.4) is 0 Å². The summed E-state index contributed by atoms with van der Waals surface area (Å²) in [7, 11) is 0. The molecule has 112 valence electrons. The molecule has 1 heterocycles. The van der Waals surface area contributed by atoms with Gasteiger partial charge in [-0.05, 0) is 29.8 Å². The van der Waals surface area contributed by atoms with Crippen LogP contribution in [0.2, 0.25) is 0 Å². The smallest absolute Gasteiger partial charge is 0.203 e. The van der Waals surface area contributed by atoms with Crippen LogP contribution >= 0.6 is 0 Å². The number of aliphatic hydroxyl groups excluding tert-OH is 1. The molecule has 2 aromatic carbocycles. The molecular formula is C17H12F2O3. The van der Waals surface area contributed by atoms with Gasteiger partial charge in [-0.2, -0.15) is 0 Å². The van der Waals surface area contributed by atoms with Crippen LogP contribution in [0, 0.1) is 11.6 Å². The second kappa shape index (κ2) is 5.69. The van der Waals surface area contributed by atoms with Gasteiger partial charge >= 0.3 is 0 Å². The van der Waals surface area contributed by atoms with Crippen LogP contribution in [0.15, 0.2) is 51.7 Å². The minimum Gasteiger partial charge on any atom is -0.460 e. The highest BCUT2D eigenvalue weighted by Crippen LogP contribution is 2.26. The first-order valence-corrected chi connectivity index (χ1v) is 6.73. The van der Waals surface area contributed by atoms with Crippen molar-refractivity contribution in [2.75, 3.05) is 6.61 Å². The Morgan fingerprint density at radius 3 is 2.59 bits per heavy atom. The maximum absolute atomic E-state index is 14.0. The molecular weight excluding hydrogens is 290 g/mol. The van der Waals surface area contributed by atoms with Crippen molar-refractivity contribution in [2.45, 2.75) is 6.42 Å². The molecule has 0 bridgehead atoms. The number of fused-ring (bicyclic) bond motifs is 1. The summed E-state index contributed by atoms with van der Waals surface area (Å²) >= 11 is 0. The van der Waals surface area contributed by atoms with Crippen molar-refractivity contribution in [3.8, 4) is 11.1 Å². The molecule has 0 unspecified atom stereocenters. The first-order valence-electron chi connectivity index (χ1n) is 6.73. The van der Waals surface area contributed by atoms with E-state index in [1.165, 1.54) is 36.4 Å². The molecule has 5 heteroatoms. The van der Waals surface area contributed by atoms with Crippen LogP contribution in [0.5, 0.6) is 0 Å². The van der Waals surface area contributed by atoms with Crippen molar-refractivity contribution < 1.29 is 18.3 Å². The highest BCUT2D eigenvalue weighted by atomic mass is 19.1. The highest BCUT2D eigenvalue weighted by molar-refractivity contribution is 5.83. The number of hydrogen-bond donors (Lipinski definition) is 1. The van der Waals surface area contributed by atoms with Crippen LogP contribution < -0.4 is 5.43 Å². The lowest BCUT2D eigenvalue weighted by atomic mass is 10.0. The fourth-order valence-corrected chi connectivity index (χ4v) is 2.46. The SMILES string of the molecule is O=c1c(-c2cccc(F)c2)c(CCO)oc2cccc(F)c12. The lowest BCUT2D eigenvalue weighted by Crippen LogP contribution is -2.11. The van der Waals surface area contributed by atoms with Gasteiger partial charge < -0.3 is 9.52 Å². The quantitative estimate of drug-likeness (QED) is 0.808. The molecule has 0 spiro atoms. The minimum atomic E-state index is -0.695. The summed E-state index contributed by atoms with van der Waals surface area (Å²) in [5.41, 5.74) is -0.101. The number of rotatable bonds is 3. The van der Waals surface area contributed by atoms with Crippen molar-refractivity contribution in [2.24, 2.45) is 0 Å². The monoisotopic (exact) mass is 302 g/mol. The molecule has 3 aromatic rings. The van der Waals surface area contributed by atoms with Crippen molar-refractivity contribution in [1.29, 1.82) is 0 Å². The molecule has 0 aliphatic heterocycles. The number of hydrogen-bond acceptors (Lipinski definition) is 3.